The molecule has 0 aromatic carbocycles. The largest absolute Gasteiger partial charge is 0.468 e. The van der Waals surface area contributed by atoms with E-state index in [-0.39, 0.29) is 22.8 Å². The van der Waals surface area contributed by atoms with Crippen LogP contribution in [0.15, 0.2) is 18.3 Å². The summed E-state index contributed by atoms with van der Waals surface area (Å²) in [5, 5.41) is 0. The number of epoxide rings is 1. The number of halogens is 3. The second kappa shape index (κ2) is 5.59. The van der Waals surface area contributed by atoms with Crippen molar-refractivity contribution in [1.82, 2.24) is 4.98 Å². The first-order chi connectivity index (χ1) is 11.8. The van der Waals surface area contributed by atoms with Crippen molar-refractivity contribution >= 4 is 11.6 Å². The lowest BCUT2D eigenvalue weighted by Crippen LogP contribution is -2.39. The number of amides is 1. The van der Waals surface area contributed by atoms with E-state index in [0.717, 1.165) is 38.7 Å². The topological polar surface area (TPSA) is 55.0 Å². The van der Waals surface area contributed by atoms with Gasteiger partial charge in [-0.3, -0.25) is 4.79 Å². The van der Waals surface area contributed by atoms with Crippen LogP contribution in [0.2, 0.25) is 0 Å². The number of hydrogen-bond donors (Lipinski definition) is 0. The zero-order valence-corrected chi connectivity index (χ0v) is 13.6. The lowest BCUT2D eigenvalue weighted by Gasteiger charge is -2.34. The van der Waals surface area contributed by atoms with Crippen LogP contribution in [0.5, 0.6) is 5.88 Å². The number of pyridine rings is 1. The van der Waals surface area contributed by atoms with Gasteiger partial charge in [0.1, 0.15) is 0 Å². The van der Waals surface area contributed by atoms with E-state index in [1.165, 1.54) is 12.3 Å². The molecule has 2 saturated heterocycles. The third-order valence-corrected chi connectivity index (χ3v) is 5.60. The highest BCUT2D eigenvalue weighted by Gasteiger charge is 2.56. The smallest absolute Gasteiger partial charge is 0.422 e. The number of rotatable bonds is 3. The molecule has 1 aliphatic carbocycles. The Morgan fingerprint density at radius 1 is 1.20 bits per heavy atom. The van der Waals surface area contributed by atoms with E-state index in [1.54, 1.807) is 11.0 Å². The summed E-state index contributed by atoms with van der Waals surface area (Å²) in [6.07, 6.45) is 1.32. The number of anilines is 1. The quantitative estimate of drug-likeness (QED) is 0.781. The zero-order chi connectivity index (χ0) is 17.7. The normalized spacial score (nSPS) is 31.8. The Hall–Kier alpha value is -1.83. The number of aromatic nitrogens is 1. The van der Waals surface area contributed by atoms with Crippen LogP contribution in [0, 0.1) is 5.41 Å². The summed E-state index contributed by atoms with van der Waals surface area (Å²) in [7, 11) is 0. The standard InChI is InChI=1S/C17H19F3N2O3/c18-17(19,20)11-24-13-2-1-12(9-21-13)22-8-7-15(14(22)23)3-5-16(6-4-15)10-25-16/h1-2,9H,3-8,10-11H2/t15-,16-. The van der Waals surface area contributed by atoms with Crippen molar-refractivity contribution in [2.24, 2.45) is 5.41 Å². The van der Waals surface area contributed by atoms with Crippen LogP contribution < -0.4 is 9.64 Å². The van der Waals surface area contributed by atoms with E-state index in [9.17, 15) is 18.0 Å². The van der Waals surface area contributed by atoms with Gasteiger partial charge in [-0.05, 0) is 38.2 Å². The maximum absolute atomic E-state index is 12.9. The number of alkyl halides is 3. The first-order valence-corrected chi connectivity index (χ1v) is 8.43. The number of hydrogen-bond acceptors (Lipinski definition) is 4. The number of carbonyl (C=O) groups is 1. The van der Waals surface area contributed by atoms with Gasteiger partial charge in [0.05, 0.1) is 29.5 Å². The second-order valence-electron chi connectivity index (χ2n) is 7.22. The Bertz CT molecular complexity index is 661. The van der Waals surface area contributed by atoms with Gasteiger partial charge in [0.2, 0.25) is 11.8 Å². The third-order valence-electron chi connectivity index (χ3n) is 5.60. The molecule has 0 atom stereocenters. The molecule has 2 spiro atoms. The van der Waals surface area contributed by atoms with E-state index in [0.29, 0.717) is 12.2 Å². The lowest BCUT2D eigenvalue weighted by atomic mass is 9.69. The zero-order valence-electron chi connectivity index (χ0n) is 13.6. The molecule has 1 aromatic heterocycles. The molecule has 3 fully saturated rings. The predicted octanol–water partition coefficient (Wildman–Crippen LogP) is 3.09. The molecule has 8 heteroatoms. The van der Waals surface area contributed by atoms with E-state index in [4.69, 9.17) is 4.74 Å². The summed E-state index contributed by atoms with van der Waals surface area (Å²) in [6, 6.07) is 2.96. The van der Waals surface area contributed by atoms with Gasteiger partial charge >= 0.3 is 6.18 Å². The summed E-state index contributed by atoms with van der Waals surface area (Å²) < 4.78 is 46.6. The van der Waals surface area contributed by atoms with Crippen molar-refractivity contribution in [1.29, 1.82) is 0 Å². The van der Waals surface area contributed by atoms with Gasteiger partial charge in [-0.25, -0.2) is 4.98 Å². The van der Waals surface area contributed by atoms with Gasteiger partial charge in [-0.15, -0.1) is 0 Å². The van der Waals surface area contributed by atoms with Gasteiger partial charge in [-0.1, -0.05) is 0 Å². The minimum absolute atomic E-state index is 0.0397. The molecule has 136 valence electrons. The molecule has 0 unspecified atom stereocenters. The minimum Gasteiger partial charge on any atom is -0.468 e. The van der Waals surface area contributed by atoms with Crippen molar-refractivity contribution < 1.29 is 27.4 Å². The summed E-state index contributed by atoms with van der Waals surface area (Å²) in [5.41, 5.74) is 0.324. The predicted molar refractivity (Wildman–Crippen MR) is 82.3 cm³/mol. The molecule has 1 saturated carbocycles. The van der Waals surface area contributed by atoms with Crippen LogP contribution in [-0.4, -0.2) is 42.4 Å². The Morgan fingerprint density at radius 2 is 1.92 bits per heavy atom. The highest BCUT2D eigenvalue weighted by atomic mass is 19.4. The Labute approximate surface area is 143 Å². The highest BCUT2D eigenvalue weighted by molar-refractivity contribution is 5.99. The molecule has 0 bridgehead atoms. The fourth-order valence-corrected chi connectivity index (χ4v) is 3.88. The average molecular weight is 356 g/mol. The molecule has 5 nitrogen and oxygen atoms in total. The number of carbonyl (C=O) groups excluding carboxylic acids is 1. The van der Waals surface area contributed by atoms with Crippen LogP contribution in [0.4, 0.5) is 18.9 Å². The fraction of sp³-hybridized carbons (Fsp3) is 0.647. The molecule has 1 amide bonds. The number of ether oxygens (including phenoxy) is 2. The first kappa shape index (κ1) is 16.6. The van der Waals surface area contributed by atoms with Crippen LogP contribution in [0.25, 0.3) is 0 Å². The molecule has 25 heavy (non-hydrogen) atoms. The Balaban J connectivity index is 1.41. The van der Waals surface area contributed by atoms with Gasteiger partial charge in [0.15, 0.2) is 6.61 Å². The van der Waals surface area contributed by atoms with E-state index < -0.39 is 12.8 Å². The van der Waals surface area contributed by atoms with Crippen molar-refractivity contribution in [3.63, 3.8) is 0 Å². The van der Waals surface area contributed by atoms with Crippen molar-refractivity contribution in [2.45, 2.75) is 43.9 Å². The van der Waals surface area contributed by atoms with Crippen LogP contribution >= 0.6 is 0 Å². The van der Waals surface area contributed by atoms with Crippen LogP contribution in [-0.2, 0) is 9.53 Å². The van der Waals surface area contributed by atoms with Gasteiger partial charge in [0.25, 0.3) is 0 Å². The number of nitrogens with zero attached hydrogens (tertiary/aromatic N) is 2. The van der Waals surface area contributed by atoms with Gasteiger partial charge < -0.3 is 14.4 Å². The molecular weight excluding hydrogens is 337 g/mol. The molecule has 4 rings (SSSR count). The molecule has 0 N–H and O–H groups in total. The maximum atomic E-state index is 12.9. The summed E-state index contributed by atoms with van der Waals surface area (Å²) in [4.78, 5) is 18.5. The monoisotopic (exact) mass is 356 g/mol. The molecule has 1 aromatic rings. The van der Waals surface area contributed by atoms with Gasteiger partial charge in [-0.2, -0.15) is 13.2 Å². The molecule has 3 heterocycles. The van der Waals surface area contributed by atoms with E-state index in [1.807, 2.05) is 0 Å². The lowest BCUT2D eigenvalue weighted by molar-refractivity contribution is -0.154. The van der Waals surface area contributed by atoms with Crippen molar-refractivity contribution in [3.8, 4) is 5.88 Å². The molecule has 3 aliphatic rings. The summed E-state index contributed by atoms with van der Waals surface area (Å²) >= 11 is 0. The second-order valence-corrected chi connectivity index (χ2v) is 7.22. The minimum atomic E-state index is -4.40. The van der Waals surface area contributed by atoms with Gasteiger partial charge in [0, 0.05) is 12.6 Å². The van der Waals surface area contributed by atoms with E-state index >= 15 is 0 Å². The van der Waals surface area contributed by atoms with E-state index in [2.05, 4.69) is 9.72 Å². The summed E-state index contributed by atoms with van der Waals surface area (Å²) in [5.74, 6) is -0.0123. The Kier molecular flexibility index (Phi) is 3.72. The van der Waals surface area contributed by atoms with Crippen LogP contribution in [0.1, 0.15) is 32.1 Å². The SMILES string of the molecule is O=C1N(c2ccc(OCC(F)(F)F)nc2)CC[C@]12CC[C@@]1(CC2)CO1. The third kappa shape index (κ3) is 3.19. The average Bonchev–Trinajstić information content (AvgIpc) is 3.28. The molecule has 0 radical (unpaired) electrons. The summed E-state index contributed by atoms with van der Waals surface area (Å²) in [6.45, 7) is 0.0380. The molecular formula is C17H19F3N2O3. The van der Waals surface area contributed by atoms with Crippen molar-refractivity contribution in [3.05, 3.63) is 18.3 Å². The Morgan fingerprint density at radius 3 is 2.48 bits per heavy atom. The fourth-order valence-electron chi connectivity index (χ4n) is 3.88. The maximum Gasteiger partial charge on any atom is 0.422 e. The molecule has 2 aliphatic heterocycles. The highest BCUT2D eigenvalue weighted by Crippen LogP contribution is 2.53. The first-order valence-electron chi connectivity index (χ1n) is 8.43. The van der Waals surface area contributed by atoms with Crippen LogP contribution in [0.3, 0.4) is 0 Å². The van der Waals surface area contributed by atoms with Crippen molar-refractivity contribution in [2.75, 3.05) is 24.7 Å².